The van der Waals surface area contributed by atoms with Gasteiger partial charge in [0.05, 0.1) is 12.1 Å². The summed E-state index contributed by atoms with van der Waals surface area (Å²) in [6, 6.07) is 17.9. The Balaban J connectivity index is 1.56. The van der Waals surface area contributed by atoms with Crippen LogP contribution < -0.4 is 10.6 Å². The average Bonchev–Trinajstić information content (AvgIpc) is 3.06. The molecule has 0 radical (unpaired) electrons. The van der Waals surface area contributed by atoms with E-state index in [9.17, 15) is 0 Å². The van der Waals surface area contributed by atoms with Crippen LogP contribution >= 0.6 is 0 Å². The van der Waals surface area contributed by atoms with Gasteiger partial charge in [-0.2, -0.15) is 0 Å². The third kappa shape index (κ3) is 3.45. The van der Waals surface area contributed by atoms with Gasteiger partial charge in [-0.15, -0.1) is 0 Å². The largest absolute Gasteiger partial charge is 0.465 e. The Morgan fingerprint density at radius 1 is 0.960 bits per heavy atom. The standard InChI is InChI=1S/C20H18N4O/c1-14-5-6-16(25-14)13-22-20-8-7-17-18(3-2-4-19(17)24-20)23-15-9-11-21-12-10-15/h2-12H,13H2,1H3,(H,21,23)(H,22,24). The summed E-state index contributed by atoms with van der Waals surface area (Å²) in [6.45, 7) is 2.55. The molecular formula is C20H18N4O. The van der Waals surface area contributed by atoms with Crippen molar-refractivity contribution in [1.82, 2.24) is 9.97 Å². The van der Waals surface area contributed by atoms with Crippen molar-refractivity contribution < 1.29 is 4.42 Å². The van der Waals surface area contributed by atoms with E-state index in [-0.39, 0.29) is 0 Å². The number of anilines is 3. The molecule has 124 valence electrons. The van der Waals surface area contributed by atoms with Crippen LogP contribution in [-0.4, -0.2) is 9.97 Å². The van der Waals surface area contributed by atoms with Crippen molar-refractivity contribution in [3.8, 4) is 0 Å². The first-order chi connectivity index (χ1) is 12.3. The highest BCUT2D eigenvalue weighted by Crippen LogP contribution is 2.26. The van der Waals surface area contributed by atoms with Crippen LogP contribution in [0.5, 0.6) is 0 Å². The predicted molar refractivity (Wildman–Crippen MR) is 100 cm³/mol. The molecule has 2 N–H and O–H groups in total. The third-order valence-electron chi connectivity index (χ3n) is 3.93. The summed E-state index contributed by atoms with van der Waals surface area (Å²) >= 11 is 0. The van der Waals surface area contributed by atoms with E-state index in [4.69, 9.17) is 9.40 Å². The lowest BCUT2D eigenvalue weighted by Crippen LogP contribution is -2.00. The number of fused-ring (bicyclic) bond motifs is 1. The van der Waals surface area contributed by atoms with Gasteiger partial charge in [-0.1, -0.05) is 6.07 Å². The molecule has 25 heavy (non-hydrogen) atoms. The van der Waals surface area contributed by atoms with Gasteiger partial charge in [-0.05, 0) is 55.5 Å². The van der Waals surface area contributed by atoms with Gasteiger partial charge >= 0.3 is 0 Å². The Morgan fingerprint density at radius 2 is 1.84 bits per heavy atom. The molecule has 3 heterocycles. The van der Waals surface area contributed by atoms with Gasteiger partial charge < -0.3 is 15.1 Å². The molecule has 0 aliphatic carbocycles. The SMILES string of the molecule is Cc1ccc(CNc2ccc3c(Nc4ccncc4)cccc3n2)o1. The predicted octanol–water partition coefficient (Wildman–Crippen LogP) is 4.89. The molecule has 3 aromatic heterocycles. The number of benzene rings is 1. The summed E-state index contributed by atoms with van der Waals surface area (Å²) in [5.74, 6) is 2.63. The van der Waals surface area contributed by atoms with Crippen LogP contribution in [0.25, 0.3) is 10.9 Å². The van der Waals surface area contributed by atoms with Crippen LogP contribution in [0.4, 0.5) is 17.2 Å². The summed E-state index contributed by atoms with van der Waals surface area (Å²) in [6.07, 6.45) is 3.54. The van der Waals surface area contributed by atoms with Crippen molar-refractivity contribution >= 4 is 28.1 Å². The highest BCUT2D eigenvalue weighted by Gasteiger charge is 2.05. The molecule has 0 atom stereocenters. The second-order valence-corrected chi connectivity index (χ2v) is 5.80. The number of pyridine rings is 2. The summed E-state index contributed by atoms with van der Waals surface area (Å²) in [5.41, 5.74) is 2.95. The molecule has 0 unspecified atom stereocenters. The first kappa shape index (κ1) is 15.2. The summed E-state index contributed by atoms with van der Waals surface area (Å²) in [5, 5.41) is 7.78. The number of hydrogen-bond acceptors (Lipinski definition) is 5. The van der Waals surface area contributed by atoms with Crippen molar-refractivity contribution in [3.05, 3.63) is 78.5 Å². The van der Waals surface area contributed by atoms with E-state index >= 15 is 0 Å². The van der Waals surface area contributed by atoms with Crippen LogP contribution in [0.2, 0.25) is 0 Å². The van der Waals surface area contributed by atoms with E-state index in [0.717, 1.165) is 39.6 Å². The van der Waals surface area contributed by atoms with Gasteiger partial charge in [0.15, 0.2) is 0 Å². The number of nitrogens with zero attached hydrogens (tertiary/aromatic N) is 2. The second kappa shape index (κ2) is 6.65. The molecule has 0 saturated heterocycles. The minimum absolute atomic E-state index is 0.612. The zero-order chi connectivity index (χ0) is 17.1. The van der Waals surface area contributed by atoms with Crippen molar-refractivity contribution in [2.75, 3.05) is 10.6 Å². The van der Waals surface area contributed by atoms with Crippen molar-refractivity contribution in [2.45, 2.75) is 13.5 Å². The maximum Gasteiger partial charge on any atom is 0.127 e. The first-order valence-corrected chi connectivity index (χ1v) is 8.14. The van der Waals surface area contributed by atoms with E-state index in [1.165, 1.54) is 0 Å². The highest BCUT2D eigenvalue weighted by molar-refractivity contribution is 5.93. The number of furan rings is 1. The zero-order valence-corrected chi connectivity index (χ0v) is 13.9. The lowest BCUT2D eigenvalue weighted by Gasteiger charge is -2.11. The Morgan fingerprint density at radius 3 is 2.64 bits per heavy atom. The maximum atomic E-state index is 5.57. The summed E-state index contributed by atoms with van der Waals surface area (Å²) in [4.78, 5) is 8.73. The average molecular weight is 330 g/mol. The monoisotopic (exact) mass is 330 g/mol. The molecule has 1 aromatic carbocycles. The van der Waals surface area contributed by atoms with Gasteiger partial charge in [0.25, 0.3) is 0 Å². The van der Waals surface area contributed by atoms with Crippen LogP contribution in [0, 0.1) is 6.92 Å². The Hall–Kier alpha value is -3.34. The highest BCUT2D eigenvalue weighted by atomic mass is 16.3. The molecule has 0 fully saturated rings. The summed E-state index contributed by atoms with van der Waals surface area (Å²) in [7, 11) is 0. The molecule has 5 heteroatoms. The number of aromatic nitrogens is 2. The Bertz CT molecular complexity index is 995. The van der Waals surface area contributed by atoms with Crippen molar-refractivity contribution in [3.63, 3.8) is 0 Å². The fourth-order valence-corrected chi connectivity index (χ4v) is 2.71. The zero-order valence-electron chi connectivity index (χ0n) is 13.9. The molecule has 0 aliphatic heterocycles. The van der Waals surface area contributed by atoms with E-state index in [1.807, 2.05) is 55.5 Å². The van der Waals surface area contributed by atoms with Crippen LogP contribution in [0.1, 0.15) is 11.5 Å². The molecule has 0 saturated carbocycles. The van der Waals surface area contributed by atoms with E-state index < -0.39 is 0 Å². The quantitative estimate of drug-likeness (QED) is 0.545. The van der Waals surface area contributed by atoms with E-state index in [2.05, 4.69) is 21.7 Å². The lowest BCUT2D eigenvalue weighted by molar-refractivity contribution is 0.490. The molecule has 4 rings (SSSR count). The number of nitrogens with one attached hydrogen (secondary N) is 2. The molecule has 0 bridgehead atoms. The second-order valence-electron chi connectivity index (χ2n) is 5.80. The molecule has 5 nitrogen and oxygen atoms in total. The van der Waals surface area contributed by atoms with Crippen LogP contribution in [0.3, 0.4) is 0 Å². The third-order valence-corrected chi connectivity index (χ3v) is 3.93. The minimum atomic E-state index is 0.612. The van der Waals surface area contributed by atoms with Crippen molar-refractivity contribution in [1.29, 1.82) is 0 Å². The topological polar surface area (TPSA) is 63.0 Å². The van der Waals surface area contributed by atoms with E-state index in [1.54, 1.807) is 12.4 Å². The Kier molecular flexibility index (Phi) is 4.04. The number of rotatable bonds is 5. The van der Waals surface area contributed by atoms with E-state index in [0.29, 0.717) is 6.54 Å². The Labute approximate surface area is 145 Å². The first-order valence-electron chi connectivity index (χ1n) is 8.14. The van der Waals surface area contributed by atoms with Crippen molar-refractivity contribution in [2.24, 2.45) is 0 Å². The van der Waals surface area contributed by atoms with Gasteiger partial charge in [0.1, 0.15) is 17.3 Å². The fourth-order valence-electron chi connectivity index (χ4n) is 2.71. The van der Waals surface area contributed by atoms with Gasteiger partial charge in [-0.3, -0.25) is 4.98 Å². The minimum Gasteiger partial charge on any atom is -0.465 e. The summed E-state index contributed by atoms with van der Waals surface area (Å²) < 4.78 is 5.57. The lowest BCUT2D eigenvalue weighted by atomic mass is 10.1. The van der Waals surface area contributed by atoms with Gasteiger partial charge in [-0.25, -0.2) is 4.98 Å². The molecular weight excluding hydrogens is 312 g/mol. The maximum absolute atomic E-state index is 5.57. The van der Waals surface area contributed by atoms with Crippen LogP contribution in [0.15, 0.2) is 71.4 Å². The van der Waals surface area contributed by atoms with Gasteiger partial charge in [0, 0.05) is 29.2 Å². The fraction of sp³-hybridized carbons (Fsp3) is 0.100. The number of aryl methyl sites for hydroxylation is 1. The molecule has 4 aromatic rings. The normalized spacial score (nSPS) is 10.8. The number of hydrogen-bond donors (Lipinski definition) is 2. The van der Waals surface area contributed by atoms with Gasteiger partial charge in [0.2, 0.25) is 0 Å². The van der Waals surface area contributed by atoms with Crippen LogP contribution in [-0.2, 0) is 6.54 Å². The molecule has 0 amide bonds. The molecule has 0 spiro atoms. The smallest absolute Gasteiger partial charge is 0.127 e. The molecule has 0 aliphatic rings.